The van der Waals surface area contributed by atoms with Crippen LogP contribution in [0.15, 0.2) is 58.6 Å². The highest BCUT2D eigenvalue weighted by Gasteiger charge is 2.15. The fraction of sp³-hybridized carbons (Fsp3) is 0.0526. The molecule has 0 spiro atoms. The van der Waals surface area contributed by atoms with E-state index in [4.69, 9.17) is 17.3 Å². The van der Waals surface area contributed by atoms with Crippen LogP contribution in [0.3, 0.4) is 0 Å². The quantitative estimate of drug-likeness (QED) is 0.684. The van der Waals surface area contributed by atoms with E-state index in [9.17, 15) is 14.7 Å². The van der Waals surface area contributed by atoms with E-state index in [1.165, 1.54) is 40.2 Å². The number of nitrogens with zero attached hydrogens (tertiary/aromatic N) is 3. The zero-order chi connectivity index (χ0) is 19.8. The molecular weight excluding hydrogens is 400 g/mol. The van der Waals surface area contributed by atoms with Gasteiger partial charge in [0.25, 0.3) is 5.56 Å². The molecular formula is C19H13ClN4O3S. The smallest absolute Gasteiger partial charge is 0.283 e. The Hall–Kier alpha value is -3.23. The molecule has 140 valence electrons. The average molecular weight is 413 g/mol. The summed E-state index contributed by atoms with van der Waals surface area (Å²) in [5, 5.41) is 15.4. The van der Waals surface area contributed by atoms with E-state index < -0.39 is 17.1 Å². The number of allylic oxidation sites excluding steroid dienone is 4. The van der Waals surface area contributed by atoms with Crippen molar-refractivity contribution in [2.75, 3.05) is 5.73 Å². The molecule has 1 aromatic carbocycles. The Morgan fingerprint density at radius 1 is 1.21 bits per heavy atom. The van der Waals surface area contributed by atoms with Crippen LogP contribution in [0.4, 0.5) is 5.82 Å². The molecule has 0 unspecified atom stereocenters. The van der Waals surface area contributed by atoms with Gasteiger partial charge in [-0.1, -0.05) is 41.1 Å². The molecule has 0 fully saturated rings. The summed E-state index contributed by atoms with van der Waals surface area (Å²) in [7, 11) is 0. The number of carbonyl (C=O) groups is 1. The summed E-state index contributed by atoms with van der Waals surface area (Å²) in [6.07, 6.45) is 5.99. The number of rotatable bonds is 3. The third-order valence-electron chi connectivity index (χ3n) is 4.10. The van der Waals surface area contributed by atoms with Crippen LogP contribution < -0.4 is 11.3 Å². The molecule has 1 aliphatic rings. The first kappa shape index (κ1) is 18.1. The van der Waals surface area contributed by atoms with Crippen LogP contribution in [0.5, 0.6) is 0 Å². The number of aromatic nitrogens is 3. The zero-order valence-electron chi connectivity index (χ0n) is 14.3. The van der Waals surface area contributed by atoms with Gasteiger partial charge in [-0.15, -0.1) is 0 Å². The second-order valence-electron chi connectivity index (χ2n) is 6.08. The van der Waals surface area contributed by atoms with Crippen molar-refractivity contribution in [3.05, 3.63) is 85.3 Å². The van der Waals surface area contributed by atoms with Gasteiger partial charge in [0, 0.05) is 11.4 Å². The molecule has 0 amide bonds. The Balaban J connectivity index is 1.74. The number of aliphatic hydroxyl groups is 1. The molecule has 0 aliphatic heterocycles. The predicted molar refractivity (Wildman–Crippen MR) is 109 cm³/mol. The van der Waals surface area contributed by atoms with Crippen LogP contribution in [0.1, 0.15) is 16.1 Å². The predicted octanol–water partition coefficient (Wildman–Crippen LogP) is 2.94. The number of aliphatic hydroxyl groups excluding tert-OH is 1. The summed E-state index contributed by atoms with van der Waals surface area (Å²) in [5.74, 6) is -0.763. The minimum absolute atomic E-state index is 0.138. The standard InChI is InChI=1S/C19H13ClN4O3S/c20-12-4-1-10(2-5-12)9-16-23-24-17(21)13(18(27)22-19(24)28-16)7-11-3-6-14(25)15(26)8-11/h1-8,26H,9,21H2/b11-7+. The second-order valence-corrected chi connectivity index (χ2v) is 7.56. The molecule has 1 aliphatic carbocycles. The van der Waals surface area contributed by atoms with Crippen LogP contribution in [0.2, 0.25) is 5.02 Å². The lowest BCUT2D eigenvalue weighted by Crippen LogP contribution is -2.17. The highest BCUT2D eigenvalue weighted by Crippen LogP contribution is 2.22. The van der Waals surface area contributed by atoms with Gasteiger partial charge in [0.05, 0.1) is 5.56 Å². The van der Waals surface area contributed by atoms with Crippen molar-refractivity contribution >= 4 is 45.6 Å². The van der Waals surface area contributed by atoms with E-state index in [0.717, 1.165) is 10.6 Å². The SMILES string of the molecule is Nc1c(/C=C2\C=CC(=O)C(O)=C2)c(=O)nc2sc(Cc3ccc(Cl)cc3)nn12. The van der Waals surface area contributed by atoms with Crippen molar-refractivity contribution in [1.82, 2.24) is 14.6 Å². The molecule has 4 rings (SSSR count). The van der Waals surface area contributed by atoms with Crippen molar-refractivity contribution in [2.45, 2.75) is 6.42 Å². The Morgan fingerprint density at radius 3 is 2.68 bits per heavy atom. The maximum absolute atomic E-state index is 12.4. The molecule has 0 saturated heterocycles. The summed E-state index contributed by atoms with van der Waals surface area (Å²) >= 11 is 7.18. The van der Waals surface area contributed by atoms with Crippen LogP contribution in [0, 0.1) is 0 Å². The molecule has 7 nitrogen and oxygen atoms in total. The number of nitrogen functional groups attached to an aromatic ring is 1. The molecule has 0 saturated carbocycles. The first-order valence-corrected chi connectivity index (χ1v) is 9.37. The van der Waals surface area contributed by atoms with Gasteiger partial charge in [-0.25, -0.2) is 0 Å². The van der Waals surface area contributed by atoms with E-state index >= 15 is 0 Å². The number of ketones is 1. The maximum Gasteiger partial charge on any atom is 0.283 e. The minimum atomic E-state index is -0.509. The van der Waals surface area contributed by atoms with Gasteiger partial charge in [-0.2, -0.15) is 14.6 Å². The highest BCUT2D eigenvalue weighted by molar-refractivity contribution is 7.16. The summed E-state index contributed by atoms with van der Waals surface area (Å²) < 4.78 is 1.42. The fourth-order valence-corrected chi connectivity index (χ4v) is 3.75. The van der Waals surface area contributed by atoms with Crippen LogP contribution in [0.25, 0.3) is 11.0 Å². The summed E-state index contributed by atoms with van der Waals surface area (Å²) in [6.45, 7) is 0. The fourth-order valence-electron chi connectivity index (χ4n) is 2.70. The van der Waals surface area contributed by atoms with E-state index in [2.05, 4.69) is 10.1 Å². The molecule has 28 heavy (non-hydrogen) atoms. The Labute approximate surface area is 167 Å². The lowest BCUT2D eigenvalue weighted by molar-refractivity contribution is -0.113. The minimum Gasteiger partial charge on any atom is -0.504 e. The number of anilines is 1. The van der Waals surface area contributed by atoms with Gasteiger partial charge in [0.1, 0.15) is 10.8 Å². The van der Waals surface area contributed by atoms with Gasteiger partial charge < -0.3 is 10.8 Å². The second kappa shape index (κ2) is 7.06. The Morgan fingerprint density at radius 2 is 1.96 bits per heavy atom. The van der Waals surface area contributed by atoms with Gasteiger partial charge in [-0.3, -0.25) is 9.59 Å². The molecule has 0 bridgehead atoms. The monoisotopic (exact) mass is 412 g/mol. The number of hydrogen-bond acceptors (Lipinski definition) is 7. The number of carbonyl (C=O) groups excluding carboxylic acids is 1. The van der Waals surface area contributed by atoms with E-state index in [1.807, 2.05) is 12.1 Å². The lowest BCUT2D eigenvalue weighted by Gasteiger charge is -2.05. The van der Waals surface area contributed by atoms with Crippen molar-refractivity contribution < 1.29 is 9.90 Å². The van der Waals surface area contributed by atoms with Crippen LogP contribution >= 0.6 is 22.9 Å². The lowest BCUT2D eigenvalue weighted by atomic mass is 10.1. The third kappa shape index (κ3) is 3.47. The first-order chi connectivity index (χ1) is 13.4. The van der Waals surface area contributed by atoms with Crippen molar-refractivity contribution in [3.63, 3.8) is 0 Å². The Kier molecular flexibility index (Phi) is 4.58. The number of halogens is 1. The van der Waals surface area contributed by atoms with Crippen LogP contribution in [-0.2, 0) is 11.2 Å². The average Bonchev–Trinajstić information content (AvgIpc) is 3.06. The molecule has 2 heterocycles. The largest absolute Gasteiger partial charge is 0.504 e. The van der Waals surface area contributed by atoms with Gasteiger partial charge >= 0.3 is 0 Å². The number of hydrogen-bond donors (Lipinski definition) is 2. The summed E-state index contributed by atoms with van der Waals surface area (Å²) in [4.78, 5) is 28.2. The summed E-state index contributed by atoms with van der Waals surface area (Å²) in [6, 6.07) is 7.41. The molecule has 0 radical (unpaired) electrons. The molecule has 2 aromatic heterocycles. The summed E-state index contributed by atoms with van der Waals surface area (Å²) in [5.41, 5.74) is 7.26. The Bertz CT molecular complexity index is 1250. The van der Waals surface area contributed by atoms with E-state index in [1.54, 1.807) is 12.1 Å². The van der Waals surface area contributed by atoms with Crippen molar-refractivity contribution in [2.24, 2.45) is 0 Å². The van der Waals surface area contributed by atoms with Gasteiger partial charge in [0.15, 0.2) is 5.76 Å². The van der Waals surface area contributed by atoms with Crippen molar-refractivity contribution in [3.8, 4) is 0 Å². The van der Waals surface area contributed by atoms with E-state index in [-0.39, 0.29) is 11.4 Å². The number of fused-ring (bicyclic) bond motifs is 1. The third-order valence-corrected chi connectivity index (χ3v) is 5.26. The molecule has 3 aromatic rings. The zero-order valence-corrected chi connectivity index (χ0v) is 15.9. The molecule has 9 heteroatoms. The van der Waals surface area contributed by atoms with E-state index in [0.29, 0.717) is 22.0 Å². The highest BCUT2D eigenvalue weighted by atomic mass is 35.5. The normalized spacial score (nSPS) is 15.4. The van der Waals surface area contributed by atoms with Crippen LogP contribution in [-0.4, -0.2) is 25.5 Å². The number of nitrogens with two attached hydrogens (primary N) is 1. The molecule has 0 atom stereocenters. The van der Waals surface area contributed by atoms with Gasteiger partial charge in [-0.05, 0) is 41.5 Å². The topological polar surface area (TPSA) is 111 Å². The first-order valence-electron chi connectivity index (χ1n) is 8.18. The van der Waals surface area contributed by atoms with Gasteiger partial charge in [0.2, 0.25) is 10.7 Å². The number of benzene rings is 1. The maximum atomic E-state index is 12.4. The van der Waals surface area contributed by atoms with Crippen molar-refractivity contribution in [1.29, 1.82) is 0 Å². The molecule has 3 N–H and O–H groups in total.